The van der Waals surface area contributed by atoms with Gasteiger partial charge >= 0.3 is 5.97 Å². The molecule has 78 valence electrons. The lowest BCUT2D eigenvalue weighted by Crippen LogP contribution is -2.16. The fourth-order valence-corrected chi connectivity index (χ4v) is 1.68. The Morgan fingerprint density at radius 2 is 2.36 bits per heavy atom. The maximum atomic E-state index is 10.3. The molecule has 0 fully saturated rings. The van der Waals surface area contributed by atoms with E-state index in [9.17, 15) is 4.79 Å². The third-order valence-corrected chi connectivity index (χ3v) is 2.27. The Labute approximate surface area is 91.9 Å². The van der Waals surface area contributed by atoms with Crippen molar-refractivity contribution in [3.8, 4) is 0 Å². The van der Waals surface area contributed by atoms with Crippen LogP contribution in [-0.4, -0.2) is 22.0 Å². The molecule has 1 rings (SSSR count). The molecule has 0 saturated heterocycles. The zero-order valence-electron chi connectivity index (χ0n) is 7.59. The van der Waals surface area contributed by atoms with Gasteiger partial charge in [-0.05, 0) is 24.6 Å². The Morgan fingerprint density at radius 3 is 2.86 bits per heavy atom. The van der Waals surface area contributed by atoms with Crippen LogP contribution in [-0.2, 0) is 9.53 Å². The number of carbonyl (C=O) groups is 1. The molecule has 5 heteroatoms. The summed E-state index contributed by atoms with van der Waals surface area (Å²) in [5.74, 6) is -0.475. The highest BCUT2D eigenvalue weighted by Crippen LogP contribution is 2.35. The minimum Gasteiger partial charge on any atom is -0.482 e. The molecule has 0 heterocycles. The standard InChI is InChI=1S/C9H10Cl2O3/c1-6-4-9(10,11)3-2-7(6)14-5-8(12)13/h2-3H,4-5H2,1H3,(H,12,13). The molecule has 0 spiro atoms. The van der Waals surface area contributed by atoms with E-state index in [-0.39, 0.29) is 6.61 Å². The van der Waals surface area contributed by atoms with E-state index < -0.39 is 10.3 Å². The lowest BCUT2D eigenvalue weighted by Gasteiger charge is -2.21. The lowest BCUT2D eigenvalue weighted by atomic mass is 10.0. The average Bonchev–Trinajstić information content (AvgIpc) is 2.00. The highest BCUT2D eigenvalue weighted by atomic mass is 35.5. The Kier molecular flexibility index (Phi) is 3.45. The molecule has 0 atom stereocenters. The second-order valence-electron chi connectivity index (χ2n) is 3.10. The molecule has 3 nitrogen and oxygen atoms in total. The monoisotopic (exact) mass is 236 g/mol. The molecule has 0 saturated carbocycles. The minimum atomic E-state index is -1.01. The Hall–Kier alpha value is -0.670. The molecule has 0 aliphatic heterocycles. The van der Waals surface area contributed by atoms with E-state index in [1.807, 2.05) is 0 Å². The summed E-state index contributed by atoms with van der Waals surface area (Å²) < 4.78 is 4.12. The SMILES string of the molecule is CC1=C(OCC(=O)O)C=CC(Cl)(Cl)C1. The molecule has 1 aliphatic rings. The minimum absolute atomic E-state index is 0.353. The Balaban J connectivity index is 2.63. The van der Waals surface area contributed by atoms with E-state index in [1.54, 1.807) is 19.1 Å². The summed E-state index contributed by atoms with van der Waals surface area (Å²) in [5, 5.41) is 8.41. The summed E-state index contributed by atoms with van der Waals surface area (Å²) in [4.78, 5) is 10.3. The van der Waals surface area contributed by atoms with Crippen molar-refractivity contribution in [1.29, 1.82) is 0 Å². The number of ether oxygens (including phenoxy) is 1. The summed E-state index contributed by atoms with van der Waals surface area (Å²) in [6, 6.07) is 0. The van der Waals surface area contributed by atoms with Crippen LogP contribution in [0.15, 0.2) is 23.5 Å². The van der Waals surface area contributed by atoms with Crippen LogP contribution in [0.3, 0.4) is 0 Å². The highest BCUT2D eigenvalue weighted by Gasteiger charge is 2.25. The molecule has 0 radical (unpaired) electrons. The number of carboxylic acid groups (broad SMARTS) is 1. The molecular formula is C9H10Cl2O3. The number of hydrogen-bond donors (Lipinski definition) is 1. The number of carboxylic acids is 1. The van der Waals surface area contributed by atoms with Crippen LogP contribution in [0.4, 0.5) is 0 Å². The first-order valence-corrected chi connectivity index (χ1v) is 4.78. The van der Waals surface area contributed by atoms with E-state index >= 15 is 0 Å². The van der Waals surface area contributed by atoms with E-state index in [2.05, 4.69) is 0 Å². The van der Waals surface area contributed by atoms with Gasteiger partial charge in [0.15, 0.2) is 6.61 Å². The molecule has 0 amide bonds. The lowest BCUT2D eigenvalue weighted by molar-refractivity contribution is -0.140. The van der Waals surface area contributed by atoms with Crippen molar-refractivity contribution < 1.29 is 14.6 Å². The van der Waals surface area contributed by atoms with Gasteiger partial charge in [0, 0.05) is 6.42 Å². The number of hydrogen-bond acceptors (Lipinski definition) is 2. The van der Waals surface area contributed by atoms with Gasteiger partial charge in [-0.15, -0.1) is 0 Å². The molecule has 0 bridgehead atoms. The largest absolute Gasteiger partial charge is 0.482 e. The number of alkyl halides is 2. The zero-order valence-corrected chi connectivity index (χ0v) is 9.10. The zero-order chi connectivity index (χ0) is 10.8. The smallest absolute Gasteiger partial charge is 0.341 e. The van der Waals surface area contributed by atoms with Crippen molar-refractivity contribution in [2.75, 3.05) is 6.61 Å². The van der Waals surface area contributed by atoms with Crippen molar-refractivity contribution >= 4 is 29.2 Å². The Bertz CT molecular complexity index is 305. The Morgan fingerprint density at radius 1 is 1.71 bits per heavy atom. The van der Waals surface area contributed by atoms with Gasteiger partial charge < -0.3 is 9.84 Å². The molecule has 0 aromatic heterocycles. The van der Waals surface area contributed by atoms with Crippen molar-refractivity contribution in [3.05, 3.63) is 23.5 Å². The van der Waals surface area contributed by atoms with Crippen molar-refractivity contribution in [2.45, 2.75) is 17.7 Å². The first-order chi connectivity index (χ1) is 6.41. The van der Waals surface area contributed by atoms with Crippen LogP contribution in [0.2, 0.25) is 0 Å². The van der Waals surface area contributed by atoms with Crippen LogP contribution >= 0.6 is 23.2 Å². The van der Waals surface area contributed by atoms with Crippen molar-refractivity contribution in [3.63, 3.8) is 0 Å². The summed E-state index contributed by atoms with van der Waals surface area (Å²) >= 11 is 11.7. The third kappa shape index (κ3) is 3.24. The van der Waals surface area contributed by atoms with Gasteiger partial charge in [0.05, 0.1) is 0 Å². The van der Waals surface area contributed by atoms with E-state index in [0.717, 1.165) is 5.57 Å². The number of aliphatic carboxylic acids is 1. The highest BCUT2D eigenvalue weighted by molar-refractivity contribution is 6.50. The summed E-state index contributed by atoms with van der Waals surface area (Å²) in [7, 11) is 0. The van der Waals surface area contributed by atoms with Gasteiger partial charge in [-0.1, -0.05) is 23.2 Å². The fourth-order valence-electron chi connectivity index (χ4n) is 1.15. The van der Waals surface area contributed by atoms with Crippen LogP contribution in [0.1, 0.15) is 13.3 Å². The maximum absolute atomic E-state index is 10.3. The molecule has 0 aromatic carbocycles. The topological polar surface area (TPSA) is 46.5 Å². The van der Waals surface area contributed by atoms with Gasteiger partial charge in [-0.3, -0.25) is 0 Å². The van der Waals surface area contributed by atoms with Crippen LogP contribution in [0.5, 0.6) is 0 Å². The van der Waals surface area contributed by atoms with Gasteiger partial charge in [0.1, 0.15) is 10.1 Å². The second kappa shape index (κ2) is 4.24. The number of allylic oxidation sites excluding steroid dienone is 3. The van der Waals surface area contributed by atoms with E-state index in [4.69, 9.17) is 33.0 Å². The first kappa shape index (κ1) is 11.4. The predicted octanol–water partition coefficient (Wildman–Crippen LogP) is 2.50. The normalized spacial score (nSPS) is 19.6. The quantitative estimate of drug-likeness (QED) is 0.767. The molecule has 1 aliphatic carbocycles. The van der Waals surface area contributed by atoms with Gasteiger partial charge in [0.2, 0.25) is 0 Å². The summed E-state index contributed by atoms with van der Waals surface area (Å²) in [5.41, 5.74) is 0.846. The molecule has 0 aromatic rings. The summed E-state index contributed by atoms with van der Waals surface area (Å²) in [6.07, 6.45) is 3.63. The molecular weight excluding hydrogens is 227 g/mol. The van der Waals surface area contributed by atoms with Crippen molar-refractivity contribution in [2.24, 2.45) is 0 Å². The predicted molar refractivity (Wildman–Crippen MR) is 54.5 cm³/mol. The molecule has 0 unspecified atom stereocenters. The maximum Gasteiger partial charge on any atom is 0.341 e. The molecule has 1 N–H and O–H groups in total. The van der Waals surface area contributed by atoms with Gasteiger partial charge in [-0.2, -0.15) is 0 Å². The average molecular weight is 237 g/mol. The van der Waals surface area contributed by atoms with Crippen LogP contribution < -0.4 is 0 Å². The first-order valence-electron chi connectivity index (χ1n) is 4.02. The number of halogens is 2. The third-order valence-electron chi connectivity index (χ3n) is 1.75. The van der Waals surface area contributed by atoms with Gasteiger partial charge in [-0.25, -0.2) is 4.79 Å². The number of rotatable bonds is 3. The second-order valence-corrected chi connectivity index (χ2v) is 4.64. The fraction of sp³-hybridized carbons (Fsp3) is 0.444. The van der Waals surface area contributed by atoms with E-state index in [0.29, 0.717) is 12.2 Å². The van der Waals surface area contributed by atoms with Crippen LogP contribution in [0, 0.1) is 0 Å². The summed E-state index contributed by atoms with van der Waals surface area (Å²) in [6.45, 7) is 1.45. The van der Waals surface area contributed by atoms with E-state index in [1.165, 1.54) is 0 Å². The van der Waals surface area contributed by atoms with Crippen molar-refractivity contribution in [1.82, 2.24) is 0 Å². The molecule has 14 heavy (non-hydrogen) atoms. The van der Waals surface area contributed by atoms with Crippen LogP contribution in [0.25, 0.3) is 0 Å². The van der Waals surface area contributed by atoms with Gasteiger partial charge in [0.25, 0.3) is 0 Å².